The number of rotatable bonds is 6. The number of carbonyl (C=O) groups is 1. The molecule has 2 aromatic rings. The van der Waals surface area contributed by atoms with Crippen molar-refractivity contribution in [3.8, 4) is 11.5 Å². The van der Waals surface area contributed by atoms with Crippen LogP contribution in [0.25, 0.3) is 0 Å². The first-order valence-corrected chi connectivity index (χ1v) is 11.6. The molecule has 2 fully saturated rings. The van der Waals surface area contributed by atoms with Crippen molar-refractivity contribution in [1.29, 1.82) is 0 Å². The van der Waals surface area contributed by atoms with Gasteiger partial charge in [0.05, 0.1) is 12.0 Å². The van der Waals surface area contributed by atoms with Crippen molar-refractivity contribution in [3.05, 3.63) is 54.6 Å². The van der Waals surface area contributed by atoms with Crippen LogP contribution in [0.1, 0.15) is 19.3 Å². The molecule has 7 nitrogen and oxygen atoms in total. The topological polar surface area (TPSA) is 76.2 Å². The van der Waals surface area contributed by atoms with Crippen molar-refractivity contribution in [2.75, 3.05) is 26.7 Å². The van der Waals surface area contributed by atoms with E-state index >= 15 is 0 Å². The number of carbonyl (C=O) groups excluding carboxylic acids is 1. The second-order valence-electron chi connectivity index (χ2n) is 7.63. The highest BCUT2D eigenvalue weighted by atomic mass is 32.2. The van der Waals surface area contributed by atoms with Gasteiger partial charge >= 0.3 is 5.97 Å². The van der Waals surface area contributed by atoms with Crippen LogP contribution in [0.5, 0.6) is 11.5 Å². The van der Waals surface area contributed by atoms with Crippen molar-refractivity contribution in [2.45, 2.75) is 36.2 Å². The third-order valence-electron chi connectivity index (χ3n) is 5.77. The molecule has 0 aliphatic carbocycles. The predicted molar refractivity (Wildman–Crippen MR) is 112 cm³/mol. The van der Waals surface area contributed by atoms with Gasteiger partial charge in [0, 0.05) is 12.6 Å². The molecule has 0 saturated carbocycles. The molecule has 30 heavy (non-hydrogen) atoms. The van der Waals surface area contributed by atoms with E-state index in [1.54, 1.807) is 12.1 Å². The fourth-order valence-electron chi connectivity index (χ4n) is 4.21. The second-order valence-corrected chi connectivity index (χ2v) is 9.52. The number of nitrogens with zero attached hydrogens (tertiary/aromatic N) is 2. The van der Waals surface area contributed by atoms with Crippen LogP contribution in [-0.4, -0.2) is 62.4 Å². The van der Waals surface area contributed by atoms with Crippen LogP contribution < -0.4 is 4.74 Å². The fraction of sp³-hybridized carbons (Fsp3) is 0.409. The van der Waals surface area contributed by atoms with Crippen LogP contribution in [-0.2, 0) is 19.6 Å². The van der Waals surface area contributed by atoms with Crippen molar-refractivity contribution in [3.63, 3.8) is 0 Å². The fourth-order valence-corrected chi connectivity index (χ4v) is 5.84. The van der Waals surface area contributed by atoms with E-state index in [1.165, 1.54) is 23.5 Å². The monoisotopic (exact) mass is 430 g/mol. The van der Waals surface area contributed by atoms with Crippen molar-refractivity contribution < 1.29 is 22.7 Å². The minimum absolute atomic E-state index is 0.0343. The summed E-state index contributed by atoms with van der Waals surface area (Å²) in [7, 11) is -2.55. The van der Waals surface area contributed by atoms with Gasteiger partial charge in [-0.3, -0.25) is 9.69 Å². The van der Waals surface area contributed by atoms with Crippen LogP contribution in [0, 0.1) is 0 Å². The first-order valence-electron chi connectivity index (χ1n) is 10.2. The molecule has 2 aromatic carbocycles. The standard InChI is InChI=1S/C22H26N2O5S/c1-28-22(25)21-15-17(23-13-5-6-14-23)16-24(21)30(26,27)20-11-9-19(10-12-20)29-18-7-3-2-4-8-18/h2-4,7-12,17,21H,5-6,13-16H2,1H3/t17-,21-/m0/s1. The number of esters is 1. The van der Waals surface area contributed by atoms with Gasteiger partial charge in [-0.25, -0.2) is 8.42 Å². The minimum atomic E-state index is -3.84. The normalized spacial score (nSPS) is 22.8. The molecule has 0 radical (unpaired) electrons. The van der Waals surface area contributed by atoms with Gasteiger partial charge in [-0.15, -0.1) is 0 Å². The van der Waals surface area contributed by atoms with Crippen LogP contribution in [0.3, 0.4) is 0 Å². The highest BCUT2D eigenvalue weighted by Crippen LogP contribution is 2.32. The van der Waals surface area contributed by atoms with Gasteiger partial charge in [0.25, 0.3) is 0 Å². The number of methoxy groups -OCH3 is 1. The lowest BCUT2D eigenvalue weighted by Crippen LogP contribution is -2.41. The van der Waals surface area contributed by atoms with Gasteiger partial charge in [-0.2, -0.15) is 4.31 Å². The summed E-state index contributed by atoms with van der Waals surface area (Å²) in [6, 6.07) is 14.8. The number of para-hydroxylation sites is 1. The Bertz CT molecular complexity index is 972. The van der Waals surface area contributed by atoms with Crippen LogP contribution in [0.2, 0.25) is 0 Å². The molecular formula is C22H26N2O5S. The molecule has 0 amide bonds. The molecule has 0 spiro atoms. The summed E-state index contributed by atoms with van der Waals surface area (Å²) in [5.41, 5.74) is 0. The molecule has 2 heterocycles. The summed E-state index contributed by atoms with van der Waals surface area (Å²) in [6.45, 7) is 2.18. The molecule has 2 saturated heterocycles. The Morgan fingerprint density at radius 3 is 2.23 bits per heavy atom. The third kappa shape index (κ3) is 4.21. The highest BCUT2D eigenvalue weighted by Gasteiger charge is 2.46. The number of ether oxygens (including phenoxy) is 2. The molecular weight excluding hydrogens is 404 g/mol. The second kappa shape index (κ2) is 8.75. The Morgan fingerprint density at radius 1 is 0.967 bits per heavy atom. The van der Waals surface area contributed by atoms with Gasteiger partial charge in [0.1, 0.15) is 17.5 Å². The Labute approximate surface area is 177 Å². The smallest absolute Gasteiger partial charge is 0.324 e. The Kier molecular flexibility index (Phi) is 6.08. The van der Waals surface area contributed by atoms with E-state index in [-0.39, 0.29) is 10.9 Å². The first-order chi connectivity index (χ1) is 14.5. The summed E-state index contributed by atoms with van der Waals surface area (Å²) in [4.78, 5) is 14.8. The molecule has 2 aliphatic heterocycles. The zero-order valence-corrected chi connectivity index (χ0v) is 17.8. The van der Waals surface area contributed by atoms with Crippen LogP contribution in [0.4, 0.5) is 0 Å². The summed E-state index contributed by atoms with van der Waals surface area (Å²) in [6.07, 6.45) is 2.67. The molecule has 4 rings (SSSR count). The molecule has 2 aliphatic rings. The maximum Gasteiger partial charge on any atom is 0.324 e. The highest BCUT2D eigenvalue weighted by molar-refractivity contribution is 7.89. The molecule has 0 unspecified atom stereocenters. The lowest BCUT2D eigenvalue weighted by atomic mass is 10.1. The largest absolute Gasteiger partial charge is 0.468 e. The molecule has 2 atom stereocenters. The molecule has 0 aromatic heterocycles. The Morgan fingerprint density at radius 2 is 1.60 bits per heavy atom. The molecule has 0 bridgehead atoms. The van der Waals surface area contributed by atoms with Gasteiger partial charge < -0.3 is 9.47 Å². The summed E-state index contributed by atoms with van der Waals surface area (Å²) in [5.74, 6) is 0.706. The number of likely N-dealkylation sites (tertiary alicyclic amines) is 1. The zero-order chi connectivity index (χ0) is 21.1. The lowest BCUT2D eigenvalue weighted by molar-refractivity contribution is -0.144. The van der Waals surface area contributed by atoms with Gasteiger partial charge in [0.15, 0.2) is 0 Å². The van der Waals surface area contributed by atoms with E-state index in [9.17, 15) is 13.2 Å². The lowest BCUT2D eigenvalue weighted by Gasteiger charge is -2.24. The quantitative estimate of drug-likeness (QED) is 0.656. The Hall–Kier alpha value is -2.42. The van der Waals surface area contributed by atoms with E-state index in [0.717, 1.165) is 25.9 Å². The molecule has 160 valence electrons. The zero-order valence-electron chi connectivity index (χ0n) is 16.9. The summed E-state index contributed by atoms with van der Waals surface area (Å²) < 4.78 is 38.7. The van der Waals surface area contributed by atoms with Crippen molar-refractivity contribution in [1.82, 2.24) is 9.21 Å². The number of sulfonamides is 1. The summed E-state index contributed by atoms with van der Waals surface area (Å²) in [5, 5.41) is 0. The van der Waals surface area contributed by atoms with Crippen LogP contribution in [0.15, 0.2) is 59.5 Å². The minimum Gasteiger partial charge on any atom is -0.468 e. The maximum absolute atomic E-state index is 13.4. The van der Waals surface area contributed by atoms with E-state index in [4.69, 9.17) is 9.47 Å². The molecule has 0 N–H and O–H groups in total. The number of hydrogen-bond donors (Lipinski definition) is 0. The molecule has 8 heteroatoms. The van der Waals surface area contributed by atoms with E-state index in [0.29, 0.717) is 24.5 Å². The number of hydrogen-bond acceptors (Lipinski definition) is 6. The summed E-state index contributed by atoms with van der Waals surface area (Å²) >= 11 is 0. The number of benzene rings is 2. The van der Waals surface area contributed by atoms with Gasteiger partial charge in [0.2, 0.25) is 10.0 Å². The SMILES string of the molecule is COC(=O)[C@@H]1C[C@H](N2CCCC2)CN1S(=O)(=O)c1ccc(Oc2ccccc2)cc1. The first kappa shape index (κ1) is 20.8. The maximum atomic E-state index is 13.4. The van der Waals surface area contributed by atoms with Crippen molar-refractivity contribution >= 4 is 16.0 Å². The predicted octanol–water partition coefficient (Wildman–Crippen LogP) is 2.88. The average Bonchev–Trinajstić information content (AvgIpc) is 3.44. The van der Waals surface area contributed by atoms with Crippen molar-refractivity contribution in [2.24, 2.45) is 0 Å². The Balaban J connectivity index is 1.55. The van der Waals surface area contributed by atoms with Gasteiger partial charge in [-0.1, -0.05) is 18.2 Å². The van der Waals surface area contributed by atoms with E-state index in [2.05, 4.69) is 4.90 Å². The van der Waals surface area contributed by atoms with Crippen LogP contribution >= 0.6 is 0 Å². The van der Waals surface area contributed by atoms with E-state index < -0.39 is 22.0 Å². The third-order valence-corrected chi connectivity index (χ3v) is 7.66. The van der Waals surface area contributed by atoms with E-state index in [1.807, 2.05) is 30.3 Å². The average molecular weight is 431 g/mol. The van der Waals surface area contributed by atoms with Gasteiger partial charge in [-0.05, 0) is 68.8 Å².